The second-order valence-electron chi connectivity index (χ2n) is 5.78. The number of nitrogens with zero attached hydrogens (tertiary/aromatic N) is 2. The van der Waals surface area contributed by atoms with E-state index in [1.807, 2.05) is 20.8 Å². The summed E-state index contributed by atoms with van der Waals surface area (Å²) in [6.07, 6.45) is 0. The lowest BCUT2D eigenvalue weighted by atomic mass is 9.79. The van der Waals surface area contributed by atoms with Crippen LogP contribution >= 0.6 is 11.8 Å². The molecule has 0 amide bonds. The highest BCUT2D eigenvalue weighted by atomic mass is 32.2. The molecule has 0 atom stereocenters. The number of ether oxygens (including phenoxy) is 1. The van der Waals surface area contributed by atoms with Gasteiger partial charge >= 0.3 is 0 Å². The Morgan fingerprint density at radius 2 is 1.62 bits per heavy atom. The van der Waals surface area contributed by atoms with Crippen molar-refractivity contribution >= 4 is 11.8 Å². The van der Waals surface area contributed by atoms with Gasteiger partial charge in [-0.25, -0.2) is 0 Å². The first-order valence-electron chi connectivity index (χ1n) is 7.43. The standard InChI is InChI=1S/C18H20N4OS/c1-9-5-10(2)15(11(3)14(9)8-23-4)16-12(6-19)17(21)24-18(22)13(16)7-20/h5,16H,8,21-22H2,1-4H3. The Balaban J connectivity index is 2.82. The van der Waals surface area contributed by atoms with E-state index in [2.05, 4.69) is 18.2 Å². The number of aryl methyl sites for hydroxylation is 2. The van der Waals surface area contributed by atoms with Gasteiger partial charge in [0.25, 0.3) is 0 Å². The van der Waals surface area contributed by atoms with Gasteiger partial charge in [-0.05, 0) is 48.6 Å². The summed E-state index contributed by atoms with van der Waals surface area (Å²) in [4.78, 5) is 0. The molecule has 0 bridgehead atoms. The first-order valence-corrected chi connectivity index (χ1v) is 8.24. The van der Waals surface area contributed by atoms with Crippen molar-refractivity contribution in [3.8, 4) is 12.1 Å². The molecule has 1 aromatic rings. The molecule has 5 nitrogen and oxygen atoms in total. The second kappa shape index (κ2) is 7.00. The summed E-state index contributed by atoms with van der Waals surface area (Å²) in [7, 11) is 1.65. The van der Waals surface area contributed by atoms with Crippen LogP contribution < -0.4 is 11.5 Å². The molecule has 1 aliphatic rings. The summed E-state index contributed by atoms with van der Waals surface area (Å²) in [5, 5.41) is 19.9. The number of benzene rings is 1. The van der Waals surface area contributed by atoms with E-state index < -0.39 is 5.92 Å². The van der Waals surface area contributed by atoms with E-state index in [1.165, 1.54) is 0 Å². The number of hydrogen-bond donors (Lipinski definition) is 2. The van der Waals surface area contributed by atoms with Gasteiger partial charge in [-0.3, -0.25) is 0 Å². The molecule has 0 spiro atoms. The van der Waals surface area contributed by atoms with E-state index >= 15 is 0 Å². The lowest BCUT2D eigenvalue weighted by Gasteiger charge is -2.28. The van der Waals surface area contributed by atoms with Crippen LogP contribution in [0.15, 0.2) is 27.3 Å². The highest BCUT2D eigenvalue weighted by Gasteiger charge is 2.33. The van der Waals surface area contributed by atoms with Gasteiger partial charge in [0.05, 0.1) is 45.9 Å². The van der Waals surface area contributed by atoms with Crippen LogP contribution in [0, 0.1) is 43.4 Å². The van der Waals surface area contributed by atoms with Crippen molar-refractivity contribution in [3.63, 3.8) is 0 Å². The molecule has 0 saturated carbocycles. The van der Waals surface area contributed by atoms with Gasteiger partial charge in [-0.2, -0.15) is 10.5 Å². The molecule has 24 heavy (non-hydrogen) atoms. The van der Waals surface area contributed by atoms with Crippen molar-refractivity contribution < 1.29 is 4.74 Å². The third-order valence-corrected chi connectivity index (χ3v) is 5.22. The summed E-state index contributed by atoms with van der Waals surface area (Å²) in [5.74, 6) is -0.530. The van der Waals surface area contributed by atoms with E-state index in [-0.39, 0.29) is 0 Å². The zero-order valence-corrected chi connectivity index (χ0v) is 15.0. The van der Waals surface area contributed by atoms with Crippen LogP contribution in [-0.4, -0.2) is 7.11 Å². The van der Waals surface area contributed by atoms with Gasteiger partial charge in [-0.15, -0.1) is 0 Å². The van der Waals surface area contributed by atoms with Crippen molar-refractivity contribution in [2.75, 3.05) is 7.11 Å². The largest absolute Gasteiger partial charge is 0.392 e. The highest BCUT2D eigenvalue weighted by molar-refractivity contribution is 8.06. The third-order valence-electron chi connectivity index (χ3n) is 4.34. The average molecular weight is 340 g/mol. The molecule has 0 aliphatic carbocycles. The van der Waals surface area contributed by atoms with E-state index in [4.69, 9.17) is 16.2 Å². The molecule has 124 valence electrons. The van der Waals surface area contributed by atoms with Crippen LogP contribution in [-0.2, 0) is 11.3 Å². The Bertz CT molecular complexity index is 804. The fraction of sp³-hybridized carbons (Fsp3) is 0.333. The molecule has 0 saturated heterocycles. The Kier molecular flexibility index (Phi) is 5.23. The van der Waals surface area contributed by atoms with Gasteiger partial charge in [0, 0.05) is 7.11 Å². The number of hydrogen-bond acceptors (Lipinski definition) is 6. The van der Waals surface area contributed by atoms with Crippen LogP contribution in [0.25, 0.3) is 0 Å². The molecular formula is C18H20N4OS. The van der Waals surface area contributed by atoms with Crippen LogP contribution in [0.5, 0.6) is 0 Å². The molecule has 1 aromatic carbocycles. The molecule has 0 fully saturated rings. The normalized spacial score (nSPS) is 15.4. The van der Waals surface area contributed by atoms with E-state index in [0.717, 1.165) is 39.6 Å². The van der Waals surface area contributed by atoms with Crippen LogP contribution in [0.4, 0.5) is 0 Å². The second-order valence-corrected chi connectivity index (χ2v) is 6.86. The number of allylic oxidation sites excluding steroid dienone is 2. The quantitative estimate of drug-likeness (QED) is 0.875. The maximum absolute atomic E-state index is 9.60. The molecule has 0 unspecified atom stereocenters. The molecule has 4 N–H and O–H groups in total. The van der Waals surface area contributed by atoms with Crippen molar-refractivity contribution in [1.82, 2.24) is 0 Å². The summed E-state index contributed by atoms with van der Waals surface area (Å²) >= 11 is 1.08. The Morgan fingerprint density at radius 1 is 1.08 bits per heavy atom. The van der Waals surface area contributed by atoms with Crippen molar-refractivity contribution in [3.05, 3.63) is 55.1 Å². The third kappa shape index (κ3) is 2.87. The van der Waals surface area contributed by atoms with E-state index in [1.54, 1.807) is 7.11 Å². The molecule has 0 aromatic heterocycles. The zero-order valence-electron chi connectivity index (χ0n) is 14.2. The number of thioether (sulfide) groups is 1. The predicted molar refractivity (Wildman–Crippen MR) is 95.4 cm³/mol. The van der Waals surface area contributed by atoms with E-state index in [9.17, 15) is 10.5 Å². The van der Waals surface area contributed by atoms with Crippen molar-refractivity contribution in [1.29, 1.82) is 10.5 Å². The highest BCUT2D eigenvalue weighted by Crippen LogP contribution is 2.45. The topological polar surface area (TPSA) is 109 Å². The number of nitriles is 2. The molecular weight excluding hydrogens is 320 g/mol. The number of methoxy groups -OCH3 is 1. The van der Waals surface area contributed by atoms with Gasteiger partial charge in [0.1, 0.15) is 0 Å². The summed E-state index contributed by atoms with van der Waals surface area (Å²) < 4.78 is 5.31. The SMILES string of the molecule is COCc1c(C)cc(C)c(C2C(C#N)=C(N)SC(N)=C2C#N)c1C. The van der Waals surface area contributed by atoms with Gasteiger partial charge in [0.15, 0.2) is 0 Å². The average Bonchev–Trinajstić information content (AvgIpc) is 2.51. The molecule has 1 aliphatic heterocycles. The fourth-order valence-corrected chi connectivity index (χ4v) is 4.02. The minimum atomic E-state index is -0.530. The summed E-state index contributed by atoms with van der Waals surface area (Å²) in [5.41, 5.74) is 17.9. The van der Waals surface area contributed by atoms with Crippen LogP contribution in [0.3, 0.4) is 0 Å². The van der Waals surface area contributed by atoms with Gasteiger partial charge in [0.2, 0.25) is 0 Å². The van der Waals surface area contributed by atoms with Gasteiger partial charge < -0.3 is 16.2 Å². The van der Waals surface area contributed by atoms with Crippen LogP contribution in [0.2, 0.25) is 0 Å². The first-order chi connectivity index (χ1) is 11.4. The molecule has 6 heteroatoms. The number of nitrogens with two attached hydrogens (primary N) is 2. The fourth-order valence-electron chi connectivity index (χ4n) is 3.24. The smallest absolute Gasteiger partial charge is 0.0985 e. The van der Waals surface area contributed by atoms with Crippen LogP contribution in [0.1, 0.15) is 33.7 Å². The minimum absolute atomic E-state index is 0.353. The lowest BCUT2D eigenvalue weighted by Crippen LogP contribution is -2.20. The minimum Gasteiger partial charge on any atom is -0.392 e. The number of rotatable bonds is 3. The molecule has 2 rings (SSSR count). The van der Waals surface area contributed by atoms with Gasteiger partial charge in [-0.1, -0.05) is 17.8 Å². The Morgan fingerprint density at radius 3 is 2.08 bits per heavy atom. The summed E-state index contributed by atoms with van der Waals surface area (Å²) in [6, 6.07) is 6.39. The predicted octanol–water partition coefficient (Wildman–Crippen LogP) is 2.98. The van der Waals surface area contributed by atoms with Crippen molar-refractivity contribution in [2.45, 2.75) is 33.3 Å². The monoisotopic (exact) mass is 340 g/mol. The zero-order chi connectivity index (χ0) is 18.0. The summed E-state index contributed by atoms with van der Waals surface area (Å²) in [6.45, 7) is 6.46. The Hall–Kier alpha value is -2.41. The maximum atomic E-state index is 9.60. The van der Waals surface area contributed by atoms with E-state index in [0.29, 0.717) is 27.8 Å². The molecule has 1 heterocycles. The molecule has 0 radical (unpaired) electrons. The Labute approximate surface area is 146 Å². The lowest BCUT2D eigenvalue weighted by molar-refractivity contribution is 0.183. The maximum Gasteiger partial charge on any atom is 0.0985 e. The first kappa shape index (κ1) is 17.9. The van der Waals surface area contributed by atoms with Crippen molar-refractivity contribution in [2.24, 2.45) is 11.5 Å².